The number of carbonyl (C=O) groups excluding carboxylic acids is 2. The van der Waals surface area contributed by atoms with Crippen molar-refractivity contribution in [1.29, 1.82) is 0 Å². The molecule has 2 amide bonds. The second-order valence-corrected chi connectivity index (χ2v) is 4.59. The van der Waals surface area contributed by atoms with Gasteiger partial charge in [-0.1, -0.05) is 12.1 Å². The summed E-state index contributed by atoms with van der Waals surface area (Å²) in [5.74, 6) is -1.48. The van der Waals surface area contributed by atoms with Gasteiger partial charge in [0.15, 0.2) is 0 Å². The van der Waals surface area contributed by atoms with Crippen molar-refractivity contribution in [2.24, 2.45) is 0 Å². The molecule has 0 spiro atoms. The lowest BCUT2D eigenvalue weighted by molar-refractivity contribution is 0.0964. The van der Waals surface area contributed by atoms with E-state index in [1.165, 1.54) is 36.6 Å². The Kier molecular flexibility index (Phi) is 3.91. The van der Waals surface area contributed by atoms with Crippen molar-refractivity contribution < 1.29 is 14.0 Å². The Balaban J connectivity index is 2.23. The van der Waals surface area contributed by atoms with Crippen LogP contribution in [0.15, 0.2) is 35.7 Å². The van der Waals surface area contributed by atoms with Gasteiger partial charge in [-0.2, -0.15) is 0 Å². The molecule has 0 saturated heterocycles. The maximum Gasteiger partial charge on any atom is 0.259 e. The van der Waals surface area contributed by atoms with E-state index in [0.717, 1.165) is 0 Å². The number of hydrogen-bond acceptors (Lipinski definition) is 3. The van der Waals surface area contributed by atoms with Crippen LogP contribution in [0.1, 0.15) is 20.7 Å². The minimum Gasteiger partial charge on any atom is -0.355 e. The molecule has 0 atom stereocenters. The normalized spacial score (nSPS) is 10.0. The average molecular weight is 278 g/mol. The molecule has 2 rings (SSSR count). The van der Waals surface area contributed by atoms with E-state index in [1.54, 1.807) is 17.5 Å². The molecule has 0 aliphatic heterocycles. The highest BCUT2D eigenvalue weighted by Crippen LogP contribution is 2.24. The van der Waals surface area contributed by atoms with Gasteiger partial charge in [-0.15, -0.1) is 11.3 Å². The maximum absolute atomic E-state index is 13.5. The van der Waals surface area contributed by atoms with Gasteiger partial charge in [-0.05, 0) is 23.6 Å². The van der Waals surface area contributed by atoms with Crippen LogP contribution >= 0.6 is 11.3 Å². The number of thiophene rings is 1. The minimum absolute atomic E-state index is 0.0567. The zero-order valence-corrected chi connectivity index (χ0v) is 10.9. The smallest absolute Gasteiger partial charge is 0.259 e. The summed E-state index contributed by atoms with van der Waals surface area (Å²) in [6, 6.07) is 7.28. The van der Waals surface area contributed by atoms with Gasteiger partial charge >= 0.3 is 0 Å². The molecule has 0 aliphatic rings. The van der Waals surface area contributed by atoms with Crippen LogP contribution in [0.4, 0.5) is 9.39 Å². The number of carbonyl (C=O) groups is 2. The zero-order chi connectivity index (χ0) is 13.8. The zero-order valence-electron chi connectivity index (χ0n) is 10.1. The van der Waals surface area contributed by atoms with Gasteiger partial charge in [-0.25, -0.2) is 4.39 Å². The third-order valence-electron chi connectivity index (χ3n) is 2.48. The first-order chi connectivity index (χ1) is 9.13. The summed E-state index contributed by atoms with van der Waals surface area (Å²) >= 11 is 1.21. The first-order valence-corrected chi connectivity index (χ1v) is 6.37. The van der Waals surface area contributed by atoms with E-state index in [1.807, 2.05) is 0 Å². The first kappa shape index (κ1) is 13.2. The Labute approximate surface area is 113 Å². The summed E-state index contributed by atoms with van der Waals surface area (Å²) in [5.41, 5.74) is 0.302. The number of nitrogens with one attached hydrogen (secondary N) is 2. The van der Waals surface area contributed by atoms with Crippen molar-refractivity contribution in [3.63, 3.8) is 0 Å². The van der Waals surface area contributed by atoms with Crippen LogP contribution in [0.3, 0.4) is 0 Å². The largest absolute Gasteiger partial charge is 0.355 e. The molecule has 0 aliphatic carbocycles. The van der Waals surface area contributed by atoms with Crippen molar-refractivity contribution in [3.8, 4) is 0 Å². The van der Waals surface area contributed by atoms with Crippen LogP contribution in [0, 0.1) is 5.82 Å². The lowest BCUT2D eigenvalue weighted by Crippen LogP contribution is -2.20. The fourth-order valence-electron chi connectivity index (χ4n) is 1.54. The molecule has 6 heteroatoms. The molecule has 0 fully saturated rings. The summed E-state index contributed by atoms with van der Waals surface area (Å²) in [4.78, 5) is 23.5. The van der Waals surface area contributed by atoms with Crippen LogP contribution in [-0.4, -0.2) is 18.9 Å². The molecule has 1 aromatic carbocycles. The molecule has 19 heavy (non-hydrogen) atoms. The maximum atomic E-state index is 13.5. The summed E-state index contributed by atoms with van der Waals surface area (Å²) in [7, 11) is 1.50. The highest BCUT2D eigenvalue weighted by molar-refractivity contribution is 7.14. The number of rotatable bonds is 3. The predicted molar refractivity (Wildman–Crippen MR) is 72.1 cm³/mol. The van der Waals surface area contributed by atoms with Crippen LogP contribution in [0.25, 0.3) is 0 Å². The monoisotopic (exact) mass is 278 g/mol. The summed E-state index contributed by atoms with van der Waals surface area (Å²) < 4.78 is 13.5. The fraction of sp³-hybridized carbons (Fsp3) is 0.0769. The molecule has 2 aromatic rings. The molecular weight excluding hydrogens is 267 g/mol. The fourth-order valence-corrected chi connectivity index (χ4v) is 2.31. The molecule has 0 unspecified atom stereocenters. The summed E-state index contributed by atoms with van der Waals surface area (Å²) in [6.45, 7) is 0. The molecule has 0 saturated carbocycles. The number of anilines is 1. The molecule has 2 N–H and O–H groups in total. The molecule has 0 bridgehead atoms. The number of benzene rings is 1. The highest BCUT2D eigenvalue weighted by atomic mass is 32.1. The lowest BCUT2D eigenvalue weighted by Gasteiger charge is -2.06. The minimum atomic E-state index is -0.599. The quantitative estimate of drug-likeness (QED) is 0.906. The molecule has 1 heterocycles. The van der Waals surface area contributed by atoms with Crippen LogP contribution in [0.2, 0.25) is 0 Å². The van der Waals surface area contributed by atoms with E-state index in [0.29, 0.717) is 10.6 Å². The third kappa shape index (κ3) is 2.79. The number of hydrogen-bond donors (Lipinski definition) is 2. The van der Waals surface area contributed by atoms with Gasteiger partial charge in [-0.3, -0.25) is 9.59 Å². The van der Waals surface area contributed by atoms with Crippen molar-refractivity contribution in [3.05, 3.63) is 52.7 Å². The van der Waals surface area contributed by atoms with Gasteiger partial charge in [0.1, 0.15) is 10.8 Å². The van der Waals surface area contributed by atoms with Gasteiger partial charge in [0.2, 0.25) is 0 Å². The van der Waals surface area contributed by atoms with Crippen molar-refractivity contribution in [2.75, 3.05) is 12.4 Å². The van der Waals surface area contributed by atoms with E-state index in [-0.39, 0.29) is 11.5 Å². The Morgan fingerprint density at radius 1 is 1.11 bits per heavy atom. The summed E-state index contributed by atoms with van der Waals surface area (Å²) in [5, 5.41) is 7.09. The lowest BCUT2D eigenvalue weighted by atomic mass is 10.2. The third-order valence-corrected chi connectivity index (χ3v) is 3.31. The highest BCUT2D eigenvalue weighted by Gasteiger charge is 2.16. The molecular formula is C13H11FN2O2S. The van der Waals surface area contributed by atoms with E-state index >= 15 is 0 Å². The van der Waals surface area contributed by atoms with Gasteiger partial charge in [0.05, 0.1) is 11.1 Å². The first-order valence-electron chi connectivity index (χ1n) is 5.49. The van der Waals surface area contributed by atoms with Gasteiger partial charge in [0, 0.05) is 7.05 Å². The SMILES string of the molecule is CNC(=O)c1ccsc1NC(=O)c1ccccc1F. The topological polar surface area (TPSA) is 58.2 Å². The standard InChI is InChI=1S/C13H11FN2O2S/c1-15-11(17)9-6-7-19-13(9)16-12(18)8-4-2-3-5-10(8)14/h2-7H,1H3,(H,15,17)(H,16,18). The molecule has 1 aromatic heterocycles. The molecule has 4 nitrogen and oxygen atoms in total. The average Bonchev–Trinajstić information content (AvgIpc) is 2.86. The van der Waals surface area contributed by atoms with E-state index < -0.39 is 11.7 Å². The van der Waals surface area contributed by atoms with Gasteiger partial charge < -0.3 is 10.6 Å². The summed E-state index contributed by atoms with van der Waals surface area (Å²) in [6.07, 6.45) is 0. The van der Waals surface area contributed by atoms with Crippen LogP contribution in [0.5, 0.6) is 0 Å². The Morgan fingerprint density at radius 2 is 1.84 bits per heavy atom. The van der Waals surface area contributed by atoms with Crippen molar-refractivity contribution in [2.45, 2.75) is 0 Å². The van der Waals surface area contributed by atoms with Crippen LogP contribution < -0.4 is 10.6 Å². The Bertz CT molecular complexity index is 625. The Morgan fingerprint density at radius 3 is 2.53 bits per heavy atom. The Hall–Kier alpha value is -2.21. The second kappa shape index (κ2) is 5.62. The van der Waals surface area contributed by atoms with Gasteiger partial charge in [0.25, 0.3) is 11.8 Å². The van der Waals surface area contributed by atoms with Crippen molar-refractivity contribution in [1.82, 2.24) is 5.32 Å². The number of amides is 2. The van der Waals surface area contributed by atoms with E-state index in [2.05, 4.69) is 10.6 Å². The second-order valence-electron chi connectivity index (χ2n) is 3.68. The van der Waals surface area contributed by atoms with E-state index in [4.69, 9.17) is 0 Å². The predicted octanol–water partition coefficient (Wildman–Crippen LogP) is 2.50. The van der Waals surface area contributed by atoms with Crippen molar-refractivity contribution >= 4 is 28.2 Å². The molecule has 0 radical (unpaired) electrons. The van der Waals surface area contributed by atoms with Crippen LogP contribution in [-0.2, 0) is 0 Å². The number of halogens is 1. The molecule has 98 valence electrons. The van der Waals surface area contributed by atoms with E-state index in [9.17, 15) is 14.0 Å².